The van der Waals surface area contributed by atoms with Gasteiger partial charge in [0.2, 0.25) is 0 Å². The van der Waals surface area contributed by atoms with Crippen molar-refractivity contribution in [3.8, 4) is 5.75 Å². The molecule has 0 saturated carbocycles. The van der Waals surface area contributed by atoms with E-state index < -0.39 is 23.5 Å². The summed E-state index contributed by atoms with van der Waals surface area (Å²) in [4.78, 5) is 3.74. The Kier molecular flexibility index (Phi) is 3.87. The van der Waals surface area contributed by atoms with Crippen LogP contribution in [0.25, 0.3) is 0 Å². The molecule has 0 bridgehead atoms. The summed E-state index contributed by atoms with van der Waals surface area (Å²) in [5, 5.41) is 10.4. The second-order valence-corrected chi connectivity index (χ2v) is 4.51. The van der Waals surface area contributed by atoms with Gasteiger partial charge in [-0.3, -0.25) is 4.98 Å². The molecule has 2 aromatic rings. The smallest absolute Gasteiger partial charge is 0.406 e. The number of rotatable bonds is 3. The number of ether oxygens (including phenoxy) is 1. The van der Waals surface area contributed by atoms with Crippen molar-refractivity contribution in [1.82, 2.24) is 4.98 Å². The standard InChI is InChI=1S/C14H11F4NO2/c1-13(20,12-6-5-10(15)8-19-12)9-3-2-4-11(7-9)21-14(16,17)18/h2-8,20H,1H3. The van der Waals surface area contributed by atoms with Gasteiger partial charge in [0.15, 0.2) is 0 Å². The predicted octanol–water partition coefficient (Wildman–Crippen LogP) is 3.38. The van der Waals surface area contributed by atoms with E-state index in [9.17, 15) is 22.7 Å². The van der Waals surface area contributed by atoms with Gasteiger partial charge in [-0.15, -0.1) is 13.2 Å². The molecule has 1 unspecified atom stereocenters. The highest BCUT2D eigenvalue weighted by molar-refractivity contribution is 5.37. The molecule has 2 rings (SSSR count). The van der Waals surface area contributed by atoms with Crippen LogP contribution in [-0.2, 0) is 5.60 Å². The van der Waals surface area contributed by atoms with Gasteiger partial charge in [-0.25, -0.2) is 4.39 Å². The summed E-state index contributed by atoms with van der Waals surface area (Å²) in [6.07, 6.45) is -3.90. The van der Waals surface area contributed by atoms with Crippen LogP contribution in [0.4, 0.5) is 17.6 Å². The molecule has 0 aliphatic heterocycles. The van der Waals surface area contributed by atoms with Crippen molar-refractivity contribution >= 4 is 0 Å². The normalized spacial score (nSPS) is 14.6. The average molecular weight is 301 g/mol. The number of benzene rings is 1. The first kappa shape index (κ1) is 15.2. The molecule has 1 heterocycles. The maximum atomic E-state index is 12.8. The fraction of sp³-hybridized carbons (Fsp3) is 0.214. The zero-order valence-corrected chi connectivity index (χ0v) is 10.9. The third-order valence-electron chi connectivity index (χ3n) is 2.86. The van der Waals surface area contributed by atoms with Gasteiger partial charge in [0, 0.05) is 0 Å². The summed E-state index contributed by atoms with van der Waals surface area (Å²) in [7, 11) is 0. The molecular weight excluding hydrogens is 290 g/mol. The van der Waals surface area contributed by atoms with Gasteiger partial charge in [0.05, 0.1) is 11.9 Å². The van der Waals surface area contributed by atoms with E-state index in [4.69, 9.17) is 0 Å². The van der Waals surface area contributed by atoms with Crippen molar-refractivity contribution in [2.45, 2.75) is 18.9 Å². The van der Waals surface area contributed by atoms with Gasteiger partial charge < -0.3 is 9.84 Å². The third kappa shape index (κ3) is 3.69. The van der Waals surface area contributed by atoms with E-state index in [2.05, 4.69) is 9.72 Å². The van der Waals surface area contributed by atoms with Gasteiger partial charge >= 0.3 is 6.36 Å². The summed E-state index contributed by atoms with van der Waals surface area (Å²) in [6.45, 7) is 1.35. The Hall–Kier alpha value is -2.15. The molecule has 1 aromatic heterocycles. The Morgan fingerprint density at radius 2 is 1.86 bits per heavy atom. The number of aliphatic hydroxyl groups is 1. The van der Waals surface area contributed by atoms with Crippen molar-refractivity contribution in [2.24, 2.45) is 0 Å². The molecule has 1 atom stereocenters. The zero-order chi connectivity index (χ0) is 15.7. The quantitative estimate of drug-likeness (QED) is 0.884. The Morgan fingerprint density at radius 1 is 1.14 bits per heavy atom. The summed E-state index contributed by atoms with van der Waals surface area (Å²) >= 11 is 0. The largest absolute Gasteiger partial charge is 0.573 e. The molecule has 21 heavy (non-hydrogen) atoms. The first-order chi connectivity index (χ1) is 9.68. The van der Waals surface area contributed by atoms with Crippen molar-refractivity contribution in [1.29, 1.82) is 0 Å². The number of pyridine rings is 1. The highest BCUT2D eigenvalue weighted by Crippen LogP contribution is 2.31. The molecule has 1 aromatic carbocycles. The Morgan fingerprint density at radius 3 is 2.43 bits per heavy atom. The van der Waals surface area contributed by atoms with Gasteiger partial charge in [-0.2, -0.15) is 0 Å². The van der Waals surface area contributed by atoms with E-state index in [1.807, 2.05) is 0 Å². The number of nitrogens with zero attached hydrogens (tertiary/aromatic N) is 1. The van der Waals surface area contributed by atoms with Gasteiger partial charge in [0.25, 0.3) is 0 Å². The van der Waals surface area contributed by atoms with Crippen LogP contribution in [0.3, 0.4) is 0 Å². The molecular formula is C14H11F4NO2. The minimum absolute atomic E-state index is 0.105. The van der Waals surface area contributed by atoms with E-state index in [0.717, 1.165) is 24.4 Å². The monoisotopic (exact) mass is 301 g/mol. The van der Waals surface area contributed by atoms with Crippen LogP contribution in [0.2, 0.25) is 0 Å². The minimum Gasteiger partial charge on any atom is -0.406 e. The highest BCUT2D eigenvalue weighted by atomic mass is 19.4. The second-order valence-electron chi connectivity index (χ2n) is 4.51. The van der Waals surface area contributed by atoms with Crippen LogP contribution in [0.15, 0.2) is 42.6 Å². The van der Waals surface area contributed by atoms with Gasteiger partial charge in [-0.1, -0.05) is 12.1 Å². The Bertz CT molecular complexity index is 624. The first-order valence-electron chi connectivity index (χ1n) is 5.89. The molecule has 7 heteroatoms. The molecule has 0 spiro atoms. The number of hydrogen-bond acceptors (Lipinski definition) is 3. The molecule has 0 fully saturated rings. The summed E-state index contributed by atoms with van der Waals surface area (Å²) in [6, 6.07) is 7.27. The number of alkyl halides is 3. The fourth-order valence-corrected chi connectivity index (χ4v) is 1.81. The molecule has 0 amide bonds. The highest BCUT2D eigenvalue weighted by Gasteiger charge is 2.32. The number of aromatic nitrogens is 1. The second kappa shape index (κ2) is 5.33. The van der Waals surface area contributed by atoms with E-state index in [-0.39, 0.29) is 11.3 Å². The van der Waals surface area contributed by atoms with E-state index >= 15 is 0 Å². The maximum Gasteiger partial charge on any atom is 0.573 e. The molecule has 0 radical (unpaired) electrons. The SMILES string of the molecule is CC(O)(c1cccc(OC(F)(F)F)c1)c1ccc(F)cn1. The van der Waals surface area contributed by atoms with Crippen molar-refractivity contribution < 1.29 is 27.4 Å². The minimum atomic E-state index is -4.82. The Labute approximate surface area is 117 Å². The van der Waals surface area contributed by atoms with E-state index in [0.29, 0.717) is 0 Å². The molecule has 0 saturated heterocycles. The Balaban J connectivity index is 2.36. The third-order valence-corrected chi connectivity index (χ3v) is 2.86. The first-order valence-corrected chi connectivity index (χ1v) is 5.89. The lowest BCUT2D eigenvalue weighted by atomic mass is 9.92. The lowest BCUT2D eigenvalue weighted by Gasteiger charge is -2.24. The number of halogens is 4. The van der Waals surface area contributed by atoms with E-state index in [1.54, 1.807) is 0 Å². The van der Waals surface area contributed by atoms with E-state index in [1.165, 1.54) is 25.1 Å². The maximum absolute atomic E-state index is 12.8. The van der Waals surface area contributed by atoms with Crippen LogP contribution in [0.5, 0.6) is 5.75 Å². The van der Waals surface area contributed by atoms with Gasteiger partial charge in [-0.05, 0) is 36.8 Å². The summed E-state index contributed by atoms with van der Waals surface area (Å²) in [5.74, 6) is -1.04. The predicted molar refractivity (Wildman–Crippen MR) is 66.0 cm³/mol. The average Bonchev–Trinajstić information content (AvgIpc) is 2.37. The van der Waals surface area contributed by atoms with Crippen molar-refractivity contribution in [2.75, 3.05) is 0 Å². The van der Waals surface area contributed by atoms with Crippen LogP contribution in [0.1, 0.15) is 18.2 Å². The molecule has 0 aliphatic carbocycles. The van der Waals surface area contributed by atoms with Gasteiger partial charge in [0.1, 0.15) is 17.2 Å². The van der Waals surface area contributed by atoms with Crippen LogP contribution in [-0.4, -0.2) is 16.5 Å². The van der Waals surface area contributed by atoms with Crippen molar-refractivity contribution in [3.63, 3.8) is 0 Å². The van der Waals surface area contributed by atoms with Crippen LogP contribution in [0, 0.1) is 5.82 Å². The van der Waals surface area contributed by atoms with Crippen molar-refractivity contribution in [3.05, 3.63) is 59.7 Å². The lowest BCUT2D eigenvalue weighted by Crippen LogP contribution is -2.24. The molecule has 3 nitrogen and oxygen atoms in total. The topological polar surface area (TPSA) is 42.4 Å². The summed E-state index contributed by atoms with van der Waals surface area (Å²) < 4.78 is 53.2. The van der Waals surface area contributed by atoms with Crippen LogP contribution < -0.4 is 4.74 Å². The molecule has 1 N–H and O–H groups in total. The zero-order valence-electron chi connectivity index (χ0n) is 10.9. The molecule has 0 aliphatic rings. The van der Waals surface area contributed by atoms with Crippen LogP contribution >= 0.6 is 0 Å². The molecule has 112 valence electrons. The lowest BCUT2D eigenvalue weighted by molar-refractivity contribution is -0.274. The fourth-order valence-electron chi connectivity index (χ4n) is 1.81. The summed E-state index contributed by atoms with van der Waals surface area (Å²) in [5.41, 5.74) is -1.44. The number of hydrogen-bond donors (Lipinski definition) is 1.